The molecule has 9 heteroatoms. The summed E-state index contributed by atoms with van der Waals surface area (Å²) in [7, 11) is 1.47. The summed E-state index contributed by atoms with van der Waals surface area (Å²) in [5.74, 6) is 0.111. The van der Waals surface area contributed by atoms with Crippen molar-refractivity contribution < 1.29 is 33.3 Å². The summed E-state index contributed by atoms with van der Waals surface area (Å²) >= 11 is 0. The van der Waals surface area contributed by atoms with Crippen LogP contribution in [0.1, 0.15) is 16.8 Å². The van der Waals surface area contributed by atoms with E-state index in [0.29, 0.717) is 28.5 Å². The Bertz CT molecular complexity index is 913. The molecular formula is C20H20N2O7. The first-order valence-corrected chi connectivity index (χ1v) is 8.83. The number of esters is 1. The average molecular weight is 400 g/mol. The first-order valence-electron chi connectivity index (χ1n) is 8.83. The second-order valence-electron chi connectivity index (χ2n) is 5.98. The van der Waals surface area contributed by atoms with Crippen LogP contribution in [-0.2, 0) is 14.3 Å². The molecule has 0 bridgehead atoms. The maximum atomic E-state index is 12.1. The van der Waals surface area contributed by atoms with Crippen LogP contribution in [0.3, 0.4) is 0 Å². The molecule has 0 spiro atoms. The van der Waals surface area contributed by atoms with Crippen LogP contribution in [0.5, 0.6) is 17.2 Å². The number of methoxy groups -OCH3 is 1. The number of amides is 2. The number of carbonyl (C=O) groups excluding carboxylic acids is 3. The number of ether oxygens (including phenoxy) is 4. The molecule has 9 nitrogen and oxygen atoms in total. The van der Waals surface area contributed by atoms with Crippen LogP contribution in [-0.4, -0.2) is 44.8 Å². The van der Waals surface area contributed by atoms with Crippen LogP contribution in [0.15, 0.2) is 42.5 Å². The van der Waals surface area contributed by atoms with Crippen molar-refractivity contribution in [1.82, 2.24) is 5.32 Å². The second-order valence-corrected chi connectivity index (χ2v) is 5.98. The summed E-state index contributed by atoms with van der Waals surface area (Å²) in [6, 6.07) is 11.7. The number of benzene rings is 2. The standard InChI is InChI=1S/C20H20N2O7/c1-26-15-5-3-2-4-14(15)20(25)21-9-8-19(24)27-11-18(23)22-13-6-7-16-17(10-13)29-12-28-16/h2-7,10H,8-9,11-12H2,1H3,(H,21,25)(H,22,23). The molecule has 3 rings (SSSR count). The Morgan fingerprint density at radius 2 is 1.86 bits per heavy atom. The van der Waals surface area contributed by atoms with E-state index in [1.807, 2.05) is 0 Å². The third-order valence-electron chi connectivity index (χ3n) is 3.99. The van der Waals surface area contributed by atoms with Crippen LogP contribution < -0.4 is 24.8 Å². The number of hydrogen-bond donors (Lipinski definition) is 2. The Hall–Kier alpha value is -3.75. The maximum Gasteiger partial charge on any atom is 0.308 e. The highest BCUT2D eigenvalue weighted by Gasteiger charge is 2.15. The lowest BCUT2D eigenvalue weighted by molar-refractivity contribution is -0.147. The van der Waals surface area contributed by atoms with Gasteiger partial charge in [-0.1, -0.05) is 12.1 Å². The van der Waals surface area contributed by atoms with Gasteiger partial charge in [0.1, 0.15) is 5.75 Å². The van der Waals surface area contributed by atoms with E-state index in [9.17, 15) is 14.4 Å². The predicted molar refractivity (Wildman–Crippen MR) is 102 cm³/mol. The van der Waals surface area contributed by atoms with Crippen LogP contribution in [0, 0.1) is 0 Å². The Morgan fingerprint density at radius 1 is 1.07 bits per heavy atom. The van der Waals surface area contributed by atoms with Gasteiger partial charge in [0.05, 0.1) is 19.1 Å². The number of nitrogens with one attached hydrogen (secondary N) is 2. The third kappa shape index (κ3) is 5.38. The summed E-state index contributed by atoms with van der Waals surface area (Å²) in [5, 5.41) is 5.21. The highest BCUT2D eigenvalue weighted by Crippen LogP contribution is 2.34. The van der Waals surface area contributed by atoms with Crippen molar-refractivity contribution in [2.45, 2.75) is 6.42 Å². The Labute approximate surface area is 166 Å². The van der Waals surface area contributed by atoms with Gasteiger partial charge in [0.2, 0.25) is 6.79 Å². The molecule has 2 aromatic rings. The van der Waals surface area contributed by atoms with Crippen molar-refractivity contribution in [1.29, 1.82) is 0 Å². The molecule has 0 atom stereocenters. The van der Waals surface area contributed by atoms with Crippen LogP contribution in [0.4, 0.5) is 5.69 Å². The van der Waals surface area contributed by atoms with Gasteiger partial charge >= 0.3 is 5.97 Å². The molecule has 1 aliphatic rings. The minimum atomic E-state index is -0.605. The van der Waals surface area contributed by atoms with Crippen molar-refractivity contribution >= 4 is 23.5 Å². The molecule has 2 amide bonds. The molecule has 0 saturated carbocycles. The highest BCUT2D eigenvalue weighted by atomic mass is 16.7. The highest BCUT2D eigenvalue weighted by molar-refractivity contribution is 5.97. The van der Waals surface area contributed by atoms with E-state index in [1.165, 1.54) is 7.11 Å². The van der Waals surface area contributed by atoms with Crippen LogP contribution in [0.2, 0.25) is 0 Å². The average Bonchev–Trinajstić information content (AvgIpc) is 3.20. The summed E-state index contributed by atoms with van der Waals surface area (Å²) in [4.78, 5) is 35.8. The van der Waals surface area contributed by atoms with Gasteiger partial charge in [-0.2, -0.15) is 0 Å². The molecule has 0 radical (unpaired) electrons. The summed E-state index contributed by atoms with van der Waals surface area (Å²) < 4.78 is 20.5. The van der Waals surface area contributed by atoms with Gasteiger partial charge in [0.15, 0.2) is 18.1 Å². The van der Waals surface area contributed by atoms with Crippen molar-refractivity contribution in [3.05, 3.63) is 48.0 Å². The molecular weight excluding hydrogens is 380 g/mol. The smallest absolute Gasteiger partial charge is 0.308 e. The van der Waals surface area contributed by atoms with Gasteiger partial charge in [-0.15, -0.1) is 0 Å². The lowest BCUT2D eigenvalue weighted by atomic mass is 10.2. The van der Waals surface area contributed by atoms with Crippen molar-refractivity contribution in [2.75, 3.05) is 32.4 Å². The Balaban J connectivity index is 1.37. The van der Waals surface area contributed by atoms with Crippen LogP contribution >= 0.6 is 0 Å². The molecule has 0 saturated heterocycles. The van der Waals surface area contributed by atoms with Gasteiger partial charge in [-0.3, -0.25) is 14.4 Å². The molecule has 2 N–H and O–H groups in total. The fourth-order valence-corrected chi connectivity index (χ4v) is 2.60. The topological polar surface area (TPSA) is 112 Å². The van der Waals surface area contributed by atoms with E-state index < -0.39 is 18.5 Å². The van der Waals surface area contributed by atoms with Gasteiger partial charge in [0, 0.05) is 18.3 Å². The summed E-state index contributed by atoms with van der Waals surface area (Å²) in [6.45, 7) is -0.231. The van der Waals surface area contributed by atoms with E-state index in [0.717, 1.165) is 0 Å². The number of hydrogen-bond acceptors (Lipinski definition) is 7. The van der Waals surface area contributed by atoms with E-state index in [2.05, 4.69) is 10.6 Å². The molecule has 0 fully saturated rings. The summed E-state index contributed by atoms with van der Waals surface area (Å²) in [5.41, 5.74) is 0.867. The van der Waals surface area contributed by atoms with E-state index in [1.54, 1.807) is 42.5 Å². The quantitative estimate of drug-likeness (QED) is 0.649. The monoisotopic (exact) mass is 400 g/mol. The minimum absolute atomic E-state index is 0.0689. The van der Waals surface area contributed by atoms with Gasteiger partial charge in [-0.25, -0.2) is 0 Å². The lowest BCUT2D eigenvalue weighted by Crippen LogP contribution is -2.28. The first-order chi connectivity index (χ1) is 14.1. The molecule has 0 unspecified atom stereocenters. The number of carbonyl (C=O) groups is 3. The zero-order chi connectivity index (χ0) is 20.6. The number of anilines is 1. The van der Waals surface area contributed by atoms with E-state index in [-0.39, 0.29) is 25.7 Å². The Kier molecular flexibility index (Phi) is 6.51. The zero-order valence-electron chi connectivity index (χ0n) is 15.7. The number of rotatable bonds is 8. The number of fused-ring (bicyclic) bond motifs is 1. The Morgan fingerprint density at radius 3 is 2.69 bits per heavy atom. The molecule has 1 aliphatic heterocycles. The third-order valence-corrected chi connectivity index (χ3v) is 3.99. The van der Waals surface area contributed by atoms with E-state index >= 15 is 0 Å². The molecule has 29 heavy (non-hydrogen) atoms. The van der Waals surface area contributed by atoms with Crippen molar-refractivity contribution in [2.24, 2.45) is 0 Å². The largest absolute Gasteiger partial charge is 0.496 e. The summed E-state index contributed by atoms with van der Waals surface area (Å²) in [6.07, 6.45) is -0.0712. The molecule has 2 aromatic carbocycles. The second kappa shape index (κ2) is 9.45. The predicted octanol–water partition coefficient (Wildman–Crippen LogP) is 1.73. The van der Waals surface area contributed by atoms with Gasteiger partial charge in [-0.05, 0) is 24.3 Å². The normalized spacial score (nSPS) is 11.5. The maximum absolute atomic E-state index is 12.1. The fraction of sp³-hybridized carbons (Fsp3) is 0.250. The minimum Gasteiger partial charge on any atom is -0.496 e. The SMILES string of the molecule is COc1ccccc1C(=O)NCCC(=O)OCC(=O)Nc1ccc2c(c1)OCO2. The lowest BCUT2D eigenvalue weighted by Gasteiger charge is -2.09. The first kappa shape index (κ1) is 20.0. The number of para-hydroxylation sites is 1. The van der Waals surface area contributed by atoms with Crippen molar-refractivity contribution in [3.63, 3.8) is 0 Å². The molecule has 0 aliphatic carbocycles. The van der Waals surface area contributed by atoms with E-state index in [4.69, 9.17) is 18.9 Å². The molecule has 1 heterocycles. The van der Waals surface area contributed by atoms with Crippen molar-refractivity contribution in [3.8, 4) is 17.2 Å². The van der Waals surface area contributed by atoms with Gasteiger partial charge in [0.25, 0.3) is 11.8 Å². The molecule has 152 valence electrons. The van der Waals surface area contributed by atoms with Gasteiger partial charge < -0.3 is 29.6 Å². The van der Waals surface area contributed by atoms with Crippen LogP contribution in [0.25, 0.3) is 0 Å². The molecule has 0 aromatic heterocycles. The zero-order valence-corrected chi connectivity index (χ0v) is 15.7. The fourth-order valence-electron chi connectivity index (χ4n) is 2.60.